The van der Waals surface area contributed by atoms with Crippen LogP contribution in [0, 0.1) is 0 Å². The molecule has 0 aliphatic heterocycles. The van der Waals surface area contributed by atoms with Gasteiger partial charge < -0.3 is 9.52 Å². The van der Waals surface area contributed by atoms with Gasteiger partial charge in [-0.25, -0.2) is 4.79 Å². The summed E-state index contributed by atoms with van der Waals surface area (Å²) in [5, 5.41) is 9.04. The minimum Gasteiger partial charge on any atom is -0.478 e. The summed E-state index contributed by atoms with van der Waals surface area (Å²) in [6.45, 7) is 0.583. The number of hydrogen-bond acceptors (Lipinski definition) is 3. The fourth-order valence-corrected chi connectivity index (χ4v) is 2.71. The first-order chi connectivity index (χ1) is 8.68. The predicted octanol–water partition coefficient (Wildman–Crippen LogP) is 3.13. The second-order valence-corrected chi connectivity index (χ2v) is 5.12. The van der Waals surface area contributed by atoms with Crippen molar-refractivity contribution in [1.82, 2.24) is 4.90 Å². The normalized spacial score (nSPS) is 17.9. The number of carboxylic acid groups (broad SMARTS) is 1. The minimum atomic E-state index is -0.909. The van der Waals surface area contributed by atoms with Gasteiger partial charge in [0, 0.05) is 6.04 Å². The first kappa shape index (κ1) is 13.1. The summed E-state index contributed by atoms with van der Waals surface area (Å²) in [6.07, 6.45) is 9.08. The highest BCUT2D eigenvalue weighted by atomic mass is 16.4. The van der Waals surface area contributed by atoms with E-state index < -0.39 is 5.97 Å². The molecule has 100 valence electrons. The molecule has 0 atom stereocenters. The lowest BCUT2D eigenvalue weighted by Crippen LogP contribution is -2.31. The first-order valence-electron chi connectivity index (χ1n) is 6.68. The van der Waals surface area contributed by atoms with Crippen molar-refractivity contribution in [3.8, 4) is 0 Å². The van der Waals surface area contributed by atoms with Crippen molar-refractivity contribution >= 4 is 5.97 Å². The van der Waals surface area contributed by atoms with Gasteiger partial charge in [0.15, 0.2) is 0 Å². The van der Waals surface area contributed by atoms with Gasteiger partial charge in [-0.3, -0.25) is 4.90 Å². The van der Waals surface area contributed by atoms with Gasteiger partial charge in [0.1, 0.15) is 11.3 Å². The van der Waals surface area contributed by atoms with E-state index in [1.165, 1.54) is 50.9 Å². The molecule has 1 aliphatic carbocycles. The van der Waals surface area contributed by atoms with Gasteiger partial charge in [-0.2, -0.15) is 0 Å². The Morgan fingerprint density at radius 1 is 1.39 bits per heavy atom. The maximum atomic E-state index is 11.0. The fourth-order valence-electron chi connectivity index (χ4n) is 2.71. The summed E-state index contributed by atoms with van der Waals surface area (Å²) in [5.74, 6) is -0.345. The zero-order valence-corrected chi connectivity index (χ0v) is 10.9. The topological polar surface area (TPSA) is 53.7 Å². The Labute approximate surface area is 108 Å². The number of carboxylic acids is 1. The molecule has 18 heavy (non-hydrogen) atoms. The van der Waals surface area contributed by atoms with Crippen LogP contribution in [0.5, 0.6) is 0 Å². The van der Waals surface area contributed by atoms with Gasteiger partial charge in [0.05, 0.1) is 12.8 Å². The van der Waals surface area contributed by atoms with Gasteiger partial charge in [-0.05, 0) is 26.0 Å². The number of aromatic carboxylic acids is 1. The highest BCUT2D eigenvalue weighted by Gasteiger charge is 2.20. The van der Waals surface area contributed by atoms with Crippen LogP contribution in [0.4, 0.5) is 0 Å². The standard InChI is InChI=1S/C14H21NO3/c1-15(11-6-4-2-3-5-7-11)10-13-12(14(16)17)8-9-18-13/h8-9,11H,2-7,10H2,1H3,(H,16,17). The van der Waals surface area contributed by atoms with Crippen LogP contribution in [0.2, 0.25) is 0 Å². The van der Waals surface area contributed by atoms with E-state index in [1.54, 1.807) is 0 Å². The van der Waals surface area contributed by atoms with Crippen molar-refractivity contribution in [3.05, 3.63) is 23.7 Å². The third-order valence-corrected chi connectivity index (χ3v) is 3.82. The van der Waals surface area contributed by atoms with Crippen LogP contribution in [0.25, 0.3) is 0 Å². The Morgan fingerprint density at radius 2 is 2.06 bits per heavy atom. The molecular weight excluding hydrogens is 230 g/mol. The second kappa shape index (κ2) is 6.05. The third-order valence-electron chi connectivity index (χ3n) is 3.82. The zero-order valence-electron chi connectivity index (χ0n) is 10.9. The van der Waals surface area contributed by atoms with Gasteiger partial charge in [0.2, 0.25) is 0 Å². The SMILES string of the molecule is CN(Cc1occc1C(=O)O)C1CCCCCC1. The van der Waals surface area contributed by atoms with Crippen LogP contribution in [-0.4, -0.2) is 29.1 Å². The van der Waals surface area contributed by atoms with Crippen molar-refractivity contribution in [2.75, 3.05) is 7.05 Å². The molecule has 1 fully saturated rings. The number of hydrogen-bond donors (Lipinski definition) is 1. The number of rotatable bonds is 4. The summed E-state index contributed by atoms with van der Waals surface area (Å²) in [7, 11) is 2.06. The van der Waals surface area contributed by atoms with Crippen LogP contribution < -0.4 is 0 Å². The van der Waals surface area contributed by atoms with E-state index in [0.29, 0.717) is 18.3 Å². The third kappa shape index (κ3) is 3.13. The van der Waals surface area contributed by atoms with Gasteiger partial charge >= 0.3 is 5.97 Å². The molecular formula is C14H21NO3. The van der Waals surface area contributed by atoms with Gasteiger partial charge in [-0.15, -0.1) is 0 Å². The van der Waals surface area contributed by atoms with E-state index in [4.69, 9.17) is 9.52 Å². The Bertz CT molecular complexity index is 391. The quantitative estimate of drug-likeness (QED) is 0.835. The zero-order chi connectivity index (χ0) is 13.0. The summed E-state index contributed by atoms with van der Waals surface area (Å²) in [5.41, 5.74) is 0.287. The molecule has 0 spiro atoms. The Hall–Kier alpha value is -1.29. The number of nitrogens with zero attached hydrogens (tertiary/aromatic N) is 1. The highest BCUT2D eigenvalue weighted by Crippen LogP contribution is 2.23. The Morgan fingerprint density at radius 3 is 2.67 bits per heavy atom. The van der Waals surface area contributed by atoms with E-state index in [1.807, 2.05) is 0 Å². The number of carbonyl (C=O) groups is 1. The molecule has 0 saturated heterocycles. The van der Waals surface area contributed by atoms with Crippen molar-refractivity contribution < 1.29 is 14.3 Å². The van der Waals surface area contributed by atoms with Crippen molar-refractivity contribution in [3.63, 3.8) is 0 Å². The molecule has 4 heteroatoms. The minimum absolute atomic E-state index is 0.287. The summed E-state index contributed by atoms with van der Waals surface area (Å²) < 4.78 is 5.30. The van der Waals surface area contributed by atoms with Crippen molar-refractivity contribution in [2.24, 2.45) is 0 Å². The van der Waals surface area contributed by atoms with E-state index in [0.717, 1.165) is 0 Å². The van der Waals surface area contributed by atoms with Crippen molar-refractivity contribution in [2.45, 2.75) is 51.1 Å². The lowest BCUT2D eigenvalue weighted by atomic mass is 10.1. The van der Waals surface area contributed by atoms with Crippen LogP contribution in [0.3, 0.4) is 0 Å². The van der Waals surface area contributed by atoms with E-state index >= 15 is 0 Å². The largest absolute Gasteiger partial charge is 0.478 e. The summed E-state index contributed by atoms with van der Waals surface area (Å²) in [6, 6.07) is 2.08. The molecule has 1 aromatic rings. The van der Waals surface area contributed by atoms with Gasteiger partial charge in [-0.1, -0.05) is 25.7 Å². The summed E-state index contributed by atoms with van der Waals surface area (Å²) in [4.78, 5) is 13.2. The van der Waals surface area contributed by atoms with E-state index in [2.05, 4.69) is 11.9 Å². The fraction of sp³-hybridized carbons (Fsp3) is 0.643. The highest BCUT2D eigenvalue weighted by molar-refractivity contribution is 5.88. The molecule has 1 N–H and O–H groups in total. The molecule has 0 amide bonds. The maximum absolute atomic E-state index is 11.0. The monoisotopic (exact) mass is 251 g/mol. The molecule has 0 radical (unpaired) electrons. The van der Waals surface area contributed by atoms with Crippen LogP contribution >= 0.6 is 0 Å². The molecule has 0 bridgehead atoms. The van der Waals surface area contributed by atoms with Crippen LogP contribution in [0.15, 0.2) is 16.7 Å². The van der Waals surface area contributed by atoms with Crippen molar-refractivity contribution in [1.29, 1.82) is 0 Å². The van der Waals surface area contributed by atoms with E-state index in [-0.39, 0.29) is 5.56 Å². The lowest BCUT2D eigenvalue weighted by Gasteiger charge is -2.26. The average molecular weight is 251 g/mol. The summed E-state index contributed by atoms with van der Waals surface area (Å²) >= 11 is 0. The predicted molar refractivity (Wildman–Crippen MR) is 68.6 cm³/mol. The van der Waals surface area contributed by atoms with Gasteiger partial charge in [0.25, 0.3) is 0 Å². The van der Waals surface area contributed by atoms with Crippen LogP contribution in [-0.2, 0) is 6.54 Å². The molecule has 1 saturated carbocycles. The average Bonchev–Trinajstić information content (AvgIpc) is 2.63. The smallest absolute Gasteiger partial charge is 0.339 e. The molecule has 4 nitrogen and oxygen atoms in total. The Balaban J connectivity index is 1.99. The number of furan rings is 1. The molecule has 1 aromatic heterocycles. The molecule has 1 aliphatic rings. The Kier molecular flexibility index (Phi) is 4.42. The first-order valence-corrected chi connectivity index (χ1v) is 6.68. The molecule has 0 aromatic carbocycles. The molecule has 0 unspecified atom stereocenters. The maximum Gasteiger partial charge on any atom is 0.339 e. The van der Waals surface area contributed by atoms with E-state index in [9.17, 15) is 4.79 Å². The second-order valence-electron chi connectivity index (χ2n) is 5.12. The molecule has 2 rings (SSSR count). The lowest BCUT2D eigenvalue weighted by molar-refractivity contribution is 0.0692. The molecule has 1 heterocycles. The van der Waals surface area contributed by atoms with Crippen LogP contribution in [0.1, 0.15) is 54.6 Å².